The van der Waals surface area contributed by atoms with E-state index in [4.69, 9.17) is 15.3 Å². The molecule has 2 rings (SSSR count). The Morgan fingerprint density at radius 1 is 1.00 bits per heavy atom. The molecule has 0 saturated carbocycles. The fraction of sp³-hybridized carbons (Fsp3) is 0.0714. The molecule has 0 fully saturated rings. The number of aryl methyl sites for hydroxylation is 1. The number of nitriles is 2. The second-order valence-corrected chi connectivity index (χ2v) is 3.69. The van der Waals surface area contributed by atoms with Gasteiger partial charge in [-0.2, -0.15) is 10.5 Å². The monoisotopic (exact) mass is 235 g/mol. The molecule has 0 spiro atoms. The maximum Gasteiger partial charge on any atom is 0.220 e. The van der Waals surface area contributed by atoms with Crippen molar-refractivity contribution in [2.24, 2.45) is 0 Å². The second kappa shape index (κ2) is 4.99. The molecule has 86 valence electrons. The first-order chi connectivity index (χ1) is 8.71. The molecule has 0 saturated heterocycles. The molecule has 0 amide bonds. The van der Waals surface area contributed by atoms with Gasteiger partial charge in [-0.1, -0.05) is 0 Å². The van der Waals surface area contributed by atoms with E-state index in [1.165, 1.54) is 0 Å². The highest BCUT2D eigenvalue weighted by atomic mass is 16.5. The molecule has 0 N–H and O–H groups in total. The molecule has 4 heteroatoms. The van der Waals surface area contributed by atoms with E-state index in [2.05, 4.69) is 4.98 Å². The molecular formula is C14H9N3O. The third-order valence-corrected chi connectivity index (χ3v) is 2.26. The Kier molecular flexibility index (Phi) is 3.22. The highest BCUT2D eigenvalue weighted by Gasteiger charge is 2.02. The number of ether oxygens (including phenoxy) is 1. The Hall–Kier alpha value is -2.85. The van der Waals surface area contributed by atoms with Crippen LogP contribution >= 0.6 is 0 Å². The zero-order chi connectivity index (χ0) is 13.0. The van der Waals surface area contributed by atoms with E-state index >= 15 is 0 Å². The zero-order valence-corrected chi connectivity index (χ0v) is 9.71. The molecule has 0 unspecified atom stereocenters. The minimum absolute atomic E-state index is 0.372. The van der Waals surface area contributed by atoms with Gasteiger partial charge in [0, 0.05) is 11.8 Å². The van der Waals surface area contributed by atoms with Crippen molar-refractivity contribution in [1.82, 2.24) is 4.98 Å². The lowest BCUT2D eigenvalue weighted by atomic mass is 10.2. The number of pyridine rings is 1. The van der Waals surface area contributed by atoms with Gasteiger partial charge in [0.2, 0.25) is 5.88 Å². The summed E-state index contributed by atoms with van der Waals surface area (Å²) in [7, 11) is 0. The molecule has 0 bridgehead atoms. The average molecular weight is 235 g/mol. The maximum absolute atomic E-state index is 8.85. The number of hydrogen-bond acceptors (Lipinski definition) is 4. The molecular weight excluding hydrogens is 226 g/mol. The number of nitrogens with zero attached hydrogens (tertiary/aromatic N) is 3. The van der Waals surface area contributed by atoms with Crippen molar-refractivity contribution in [3.63, 3.8) is 0 Å². The van der Waals surface area contributed by atoms with Crippen LogP contribution in [0.4, 0.5) is 0 Å². The fourth-order valence-electron chi connectivity index (χ4n) is 1.47. The van der Waals surface area contributed by atoms with Crippen LogP contribution in [0.2, 0.25) is 0 Å². The summed E-state index contributed by atoms with van der Waals surface area (Å²) in [5, 5.41) is 17.5. The lowest BCUT2D eigenvalue weighted by Gasteiger charge is -2.05. The van der Waals surface area contributed by atoms with Crippen molar-refractivity contribution in [2.45, 2.75) is 6.92 Å². The maximum atomic E-state index is 8.85. The van der Waals surface area contributed by atoms with Crippen LogP contribution in [0.15, 0.2) is 36.4 Å². The number of hydrogen-bond donors (Lipinski definition) is 0. The first kappa shape index (κ1) is 11.6. The van der Waals surface area contributed by atoms with Gasteiger partial charge >= 0.3 is 0 Å². The minimum atomic E-state index is 0.372. The highest BCUT2D eigenvalue weighted by molar-refractivity contribution is 5.38. The Morgan fingerprint density at radius 2 is 1.67 bits per heavy atom. The van der Waals surface area contributed by atoms with Crippen LogP contribution in [0.25, 0.3) is 0 Å². The van der Waals surface area contributed by atoms with Gasteiger partial charge in [0.05, 0.1) is 23.3 Å². The molecule has 1 heterocycles. The first-order valence-electron chi connectivity index (χ1n) is 5.28. The summed E-state index contributed by atoms with van der Waals surface area (Å²) >= 11 is 0. The standard InChI is InChI=1S/C14H9N3O/c1-10-6-12(9-16)7-14(17-10)18-13-4-2-11(8-15)3-5-13/h2-7H,1H3. The Bertz CT molecular complexity index is 648. The van der Waals surface area contributed by atoms with Gasteiger partial charge in [-0.15, -0.1) is 0 Å². The van der Waals surface area contributed by atoms with Crippen LogP contribution in [0.1, 0.15) is 16.8 Å². The third kappa shape index (κ3) is 2.63. The lowest BCUT2D eigenvalue weighted by Crippen LogP contribution is -1.91. The van der Waals surface area contributed by atoms with Crippen molar-refractivity contribution in [1.29, 1.82) is 10.5 Å². The van der Waals surface area contributed by atoms with Gasteiger partial charge in [-0.05, 0) is 37.3 Å². The molecule has 18 heavy (non-hydrogen) atoms. The quantitative estimate of drug-likeness (QED) is 0.802. The van der Waals surface area contributed by atoms with E-state index in [0.29, 0.717) is 22.8 Å². The summed E-state index contributed by atoms with van der Waals surface area (Å²) in [5.74, 6) is 0.951. The van der Waals surface area contributed by atoms with E-state index < -0.39 is 0 Å². The van der Waals surface area contributed by atoms with Gasteiger partial charge in [0.15, 0.2) is 0 Å². The summed E-state index contributed by atoms with van der Waals surface area (Å²) in [6.45, 7) is 1.80. The predicted molar refractivity (Wildman–Crippen MR) is 64.9 cm³/mol. The van der Waals surface area contributed by atoms with Crippen LogP contribution in [-0.4, -0.2) is 4.98 Å². The van der Waals surface area contributed by atoms with Crippen molar-refractivity contribution < 1.29 is 4.74 Å². The van der Waals surface area contributed by atoms with Crippen LogP contribution in [0.5, 0.6) is 11.6 Å². The van der Waals surface area contributed by atoms with E-state index in [0.717, 1.165) is 5.69 Å². The molecule has 1 aromatic heterocycles. The summed E-state index contributed by atoms with van der Waals surface area (Å²) < 4.78 is 5.53. The average Bonchev–Trinajstić information content (AvgIpc) is 2.39. The number of benzene rings is 1. The Labute approximate surface area is 105 Å². The molecule has 0 radical (unpaired) electrons. The Balaban J connectivity index is 2.26. The van der Waals surface area contributed by atoms with Gasteiger partial charge in [0.1, 0.15) is 5.75 Å². The summed E-state index contributed by atoms with van der Waals surface area (Å²) in [6.07, 6.45) is 0. The van der Waals surface area contributed by atoms with Crippen LogP contribution < -0.4 is 4.74 Å². The predicted octanol–water partition coefficient (Wildman–Crippen LogP) is 2.93. The number of rotatable bonds is 2. The summed E-state index contributed by atoms with van der Waals surface area (Å²) in [4.78, 5) is 4.18. The largest absolute Gasteiger partial charge is 0.439 e. The topological polar surface area (TPSA) is 69.7 Å². The summed E-state index contributed by atoms with van der Waals surface area (Å²) in [6, 6.07) is 14.0. The van der Waals surface area contributed by atoms with Crippen molar-refractivity contribution in [2.75, 3.05) is 0 Å². The number of aromatic nitrogens is 1. The molecule has 0 aliphatic carbocycles. The highest BCUT2D eigenvalue weighted by Crippen LogP contribution is 2.21. The van der Waals surface area contributed by atoms with Gasteiger partial charge < -0.3 is 4.74 Å². The fourth-order valence-corrected chi connectivity index (χ4v) is 1.47. The van der Waals surface area contributed by atoms with Crippen LogP contribution in [-0.2, 0) is 0 Å². The van der Waals surface area contributed by atoms with E-state index in [1.807, 2.05) is 12.1 Å². The molecule has 0 aliphatic heterocycles. The van der Waals surface area contributed by atoms with Crippen LogP contribution in [0.3, 0.4) is 0 Å². The van der Waals surface area contributed by atoms with Gasteiger partial charge in [0.25, 0.3) is 0 Å². The molecule has 2 aromatic rings. The second-order valence-electron chi connectivity index (χ2n) is 3.69. The molecule has 0 atom stereocenters. The van der Waals surface area contributed by atoms with Crippen LogP contribution in [0, 0.1) is 29.6 Å². The van der Waals surface area contributed by atoms with Gasteiger partial charge in [-0.25, -0.2) is 4.98 Å². The van der Waals surface area contributed by atoms with E-state index in [9.17, 15) is 0 Å². The summed E-state index contributed by atoms with van der Waals surface area (Å²) in [5.41, 5.74) is 1.79. The van der Waals surface area contributed by atoms with Crippen molar-refractivity contribution in [3.05, 3.63) is 53.2 Å². The van der Waals surface area contributed by atoms with E-state index in [1.54, 1.807) is 43.3 Å². The molecule has 0 aliphatic rings. The van der Waals surface area contributed by atoms with Crippen molar-refractivity contribution in [3.8, 4) is 23.8 Å². The van der Waals surface area contributed by atoms with E-state index in [-0.39, 0.29) is 0 Å². The normalized spacial score (nSPS) is 9.28. The first-order valence-corrected chi connectivity index (χ1v) is 5.28. The third-order valence-electron chi connectivity index (χ3n) is 2.26. The van der Waals surface area contributed by atoms with Gasteiger partial charge in [-0.3, -0.25) is 0 Å². The molecule has 1 aromatic carbocycles. The SMILES string of the molecule is Cc1cc(C#N)cc(Oc2ccc(C#N)cc2)n1. The minimum Gasteiger partial charge on any atom is -0.439 e. The zero-order valence-electron chi connectivity index (χ0n) is 9.71. The smallest absolute Gasteiger partial charge is 0.220 e. The lowest BCUT2D eigenvalue weighted by molar-refractivity contribution is 0.461. The van der Waals surface area contributed by atoms with Crippen molar-refractivity contribution >= 4 is 0 Å². The Morgan fingerprint density at radius 3 is 2.28 bits per heavy atom. The molecule has 4 nitrogen and oxygen atoms in total.